The molecule has 3 aromatic rings. The Morgan fingerprint density at radius 3 is 2.69 bits per heavy atom. The van der Waals surface area contributed by atoms with Crippen LogP contribution in [-0.4, -0.2) is 21.1 Å². The van der Waals surface area contributed by atoms with E-state index in [0.29, 0.717) is 5.13 Å². The minimum atomic E-state index is -0.455. The van der Waals surface area contributed by atoms with Crippen molar-refractivity contribution in [2.45, 2.75) is 26.4 Å². The summed E-state index contributed by atoms with van der Waals surface area (Å²) in [7, 11) is 0. The topological polar surface area (TPSA) is 97.0 Å². The maximum absolute atomic E-state index is 12.3. The number of amides is 1. The van der Waals surface area contributed by atoms with E-state index in [1.165, 1.54) is 23.6 Å². The van der Waals surface area contributed by atoms with Crippen LogP contribution in [0.1, 0.15) is 40.8 Å². The highest BCUT2D eigenvalue weighted by Crippen LogP contribution is 2.22. The van der Waals surface area contributed by atoms with Gasteiger partial charge in [0.05, 0.1) is 0 Å². The largest absolute Gasteiger partial charge is 0.483 e. The number of H-pyrrole nitrogens is 1. The summed E-state index contributed by atoms with van der Waals surface area (Å²) >= 11 is 1.31. The smallest absolute Gasteiger partial charge is 0.274 e. The third kappa shape index (κ3) is 4.34. The lowest BCUT2D eigenvalue weighted by molar-refractivity contribution is 0.102. The number of benzene rings is 1. The van der Waals surface area contributed by atoms with Crippen LogP contribution < -0.4 is 15.5 Å². The Morgan fingerprint density at radius 2 is 2.04 bits per heavy atom. The second kappa shape index (κ2) is 7.92. The lowest BCUT2D eigenvalue weighted by Gasteiger charge is -2.06. The molecular formula is C18H18N4O3S. The van der Waals surface area contributed by atoms with Crippen molar-refractivity contribution in [1.82, 2.24) is 15.2 Å². The van der Waals surface area contributed by atoms with Gasteiger partial charge in [0.25, 0.3) is 5.91 Å². The van der Waals surface area contributed by atoms with Gasteiger partial charge in [-0.2, -0.15) is 0 Å². The SMILES string of the molecule is CC(C)c1nnc(NC(=O)c2cc(=O)c(OCc3ccccc3)c[nH]2)s1. The van der Waals surface area contributed by atoms with Gasteiger partial charge < -0.3 is 9.72 Å². The molecule has 8 heteroatoms. The van der Waals surface area contributed by atoms with Crippen molar-refractivity contribution in [3.63, 3.8) is 0 Å². The molecule has 0 aliphatic rings. The van der Waals surface area contributed by atoms with Crippen LogP contribution in [0.4, 0.5) is 5.13 Å². The predicted molar refractivity (Wildman–Crippen MR) is 99.8 cm³/mol. The number of carbonyl (C=O) groups is 1. The molecule has 0 aliphatic heterocycles. The molecule has 2 N–H and O–H groups in total. The van der Waals surface area contributed by atoms with Crippen LogP contribution in [0.25, 0.3) is 0 Å². The zero-order valence-electron chi connectivity index (χ0n) is 14.4. The fourth-order valence-corrected chi connectivity index (χ4v) is 2.86. The Bertz CT molecular complexity index is 950. The molecule has 0 saturated heterocycles. The molecule has 1 amide bonds. The van der Waals surface area contributed by atoms with Crippen molar-refractivity contribution < 1.29 is 9.53 Å². The van der Waals surface area contributed by atoms with E-state index in [1.54, 1.807) is 0 Å². The van der Waals surface area contributed by atoms with E-state index < -0.39 is 5.91 Å². The Kier molecular flexibility index (Phi) is 5.43. The van der Waals surface area contributed by atoms with Gasteiger partial charge in [0.15, 0.2) is 5.75 Å². The quantitative estimate of drug-likeness (QED) is 0.695. The molecule has 7 nitrogen and oxygen atoms in total. The number of nitrogens with zero attached hydrogens (tertiary/aromatic N) is 2. The van der Waals surface area contributed by atoms with E-state index in [9.17, 15) is 9.59 Å². The third-order valence-corrected chi connectivity index (χ3v) is 4.65. The van der Waals surface area contributed by atoms with Gasteiger partial charge in [-0.15, -0.1) is 10.2 Å². The number of anilines is 1. The van der Waals surface area contributed by atoms with Crippen LogP contribution in [0.15, 0.2) is 47.4 Å². The van der Waals surface area contributed by atoms with E-state index in [0.717, 1.165) is 10.6 Å². The molecule has 0 fully saturated rings. The van der Waals surface area contributed by atoms with Crippen molar-refractivity contribution in [3.05, 3.63) is 69.1 Å². The summed E-state index contributed by atoms with van der Waals surface area (Å²) in [4.78, 5) is 27.2. The first kappa shape index (κ1) is 17.8. The molecule has 0 radical (unpaired) electrons. The molecule has 3 rings (SSSR count). The van der Waals surface area contributed by atoms with Crippen LogP contribution in [0.3, 0.4) is 0 Å². The summed E-state index contributed by atoms with van der Waals surface area (Å²) in [5.74, 6) is -0.0643. The standard InChI is InChI=1S/C18H18N4O3S/c1-11(2)17-21-22-18(26-17)20-16(24)13-8-14(23)15(9-19-13)25-10-12-6-4-3-5-7-12/h3-9,11H,10H2,1-2H3,(H,19,23)(H,20,22,24). The third-order valence-electron chi connectivity index (χ3n) is 3.51. The van der Waals surface area contributed by atoms with E-state index >= 15 is 0 Å². The van der Waals surface area contributed by atoms with Crippen molar-refractivity contribution in [1.29, 1.82) is 0 Å². The average Bonchev–Trinajstić information content (AvgIpc) is 3.10. The summed E-state index contributed by atoms with van der Waals surface area (Å²) in [5, 5.41) is 11.8. The van der Waals surface area contributed by atoms with Gasteiger partial charge in [-0.05, 0) is 5.56 Å². The minimum absolute atomic E-state index is 0.128. The molecule has 0 unspecified atom stereocenters. The van der Waals surface area contributed by atoms with E-state index in [4.69, 9.17) is 4.74 Å². The molecule has 0 saturated carbocycles. The number of hydrogen-bond acceptors (Lipinski definition) is 6. The fourth-order valence-electron chi connectivity index (χ4n) is 2.12. The number of ether oxygens (including phenoxy) is 1. The van der Waals surface area contributed by atoms with Crippen molar-refractivity contribution >= 4 is 22.4 Å². The second-order valence-corrected chi connectivity index (χ2v) is 6.91. The normalized spacial score (nSPS) is 10.7. The maximum Gasteiger partial charge on any atom is 0.274 e. The minimum Gasteiger partial charge on any atom is -0.483 e. The van der Waals surface area contributed by atoms with Crippen LogP contribution in [0.2, 0.25) is 0 Å². The monoisotopic (exact) mass is 370 g/mol. The van der Waals surface area contributed by atoms with Gasteiger partial charge in [0.2, 0.25) is 10.6 Å². The van der Waals surface area contributed by atoms with Crippen LogP contribution in [-0.2, 0) is 6.61 Å². The number of aromatic nitrogens is 3. The molecule has 2 aromatic heterocycles. The lowest BCUT2D eigenvalue weighted by atomic mass is 10.2. The summed E-state index contributed by atoms with van der Waals surface area (Å²) in [6.45, 7) is 4.27. The van der Waals surface area contributed by atoms with Crippen molar-refractivity contribution in [2.24, 2.45) is 0 Å². The number of rotatable bonds is 6. The van der Waals surface area contributed by atoms with Crippen LogP contribution in [0, 0.1) is 0 Å². The Balaban J connectivity index is 1.66. The van der Waals surface area contributed by atoms with Gasteiger partial charge in [-0.1, -0.05) is 55.5 Å². The Hall–Kier alpha value is -3.00. The fraction of sp³-hybridized carbons (Fsp3) is 0.222. The molecule has 1 aromatic carbocycles. The van der Waals surface area contributed by atoms with Gasteiger partial charge in [0, 0.05) is 18.2 Å². The van der Waals surface area contributed by atoms with E-state index in [-0.39, 0.29) is 29.4 Å². The number of hydrogen-bond donors (Lipinski definition) is 2. The first-order valence-electron chi connectivity index (χ1n) is 8.07. The Morgan fingerprint density at radius 1 is 1.27 bits per heavy atom. The molecule has 26 heavy (non-hydrogen) atoms. The van der Waals surface area contributed by atoms with Gasteiger partial charge >= 0.3 is 0 Å². The van der Waals surface area contributed by atoms with Crippen LogP contribution >= 0.6 is 11.3 Å². The lowest BCUT2D eigenvalue weighted by Crippen LogP contribution is -2.17. The molecule has 2 heterocycles. The number of nitrogens with one attached hydrogen (secondary N) is 2. The molecule has 134 valence electrons. The van der Waals surface area contributed by atoms with E-state index in [1.807, 2.05) is 44.2 Å². The first-order chi connectivity index (χ1) is 12.5. The zero-order chi connectivity index (χ0) is 18.5. The zero-order valence-corrected chi connectivity index (χ0v) is 15.2. The highest BCUT2D eigenvalue weighted by molar-refractivity contribution is 7.15. The molecule has 0 aliphatic carbocycles. The van der Waals surface area contributed by atoms with E-state index in [2.05, 4.69) is 20.5 Å². The number of aromatic amines is 1. The summed E-state index contributed by atoms with van der Waals surface area (Å²) in [6.07, 6.45) is 1.39. The average molecular weight is 370 g/mol. The van der Waals surface area contributed by atoms with Crippen molar-refractivity contribution in [3.8, 4) is 5.75 Å². The molecule has 0 atom stereocenters. The highest BCUT2D eigenvalue weighted by Gasteiger charge is 2.14. The maximum atomic E-state index is 12.3. The van der Waals surface area contributed by atoms with Gasteiger partial charge in [0.1, 0.15) is 17.3 Å². The molecule has 0 spiro atoms. The van der Waals surface area contributed by atoms with Crippen molar-refractivity contribution in [2.75, 3.05) is 5.32 Å². The van der Waals surface area contributed by atoms with Gasteiger partial charge in [-0.3, -0.25) is 14.9 Å². The highest BCUT2D eigenvalue weighted by atomic mass is 32.1. The molecular weight excluding hydrogens is 352 g/mol. The second-order valence-electron chi connectivity index (χ2n) is 5.90. The summed E-state index contributed by atoms with van der Waals surface area (Å²) in [5.41, 5.74) is 0.708. The predicted octanol–water partition coefficient (Wildman–Crippen LogP) is 3.18. The number of pyridine rings is 1. The first-order valence-corrected chi connectivity index (χ1v) is 8.89. The summed E-state index contributed by atoms with van der Waals surface area (Å²) < 4.78 is 5.51. The number of carbonyl (C=O) groups excluding carboxylic acids is 1. The van der Waals surface area contributed by atoms with Crippen LogP contribution in [0.5, 0.6) is 5.75 Å². The van der Waals surface area contributed by atoms with Gasteiger partial charge in [-0.25, -0.2) is 0 Å². The molecule has 0 bridgehead atoms. The summed E-state index contributed by atoms with van der Waals surface area (Å²) in [6, 6.07) is 10.7. The Labute approximate surface area is 154 Å².